The van der Waals surface area contributed by atoms with Gasteiger partial charge in [-0.05, 0) is 25.5 Å². The van der Waals surface area contributed by atoms with Crippen LogP contribution in [0.1, 0.15) is 22.8 Å². The predicted molar refractivity (Wildman–Crippen MR) is 63.7 cm³/mol. The molecule has 0 bridgehead atoms. The summed E-state index contributed by atoms with van der Waals surface area (Å²) in [6.45, 7) is 3.48. The van der Waals surface area contributed by atoms with E-state index in [4.69, 9.17) is 16.3 Å². The van der Waals surface area contributed by atoms with Gasteiger partial charge in [-0.1, -0.05) is 17.7 Å². The highest BCUT2D eigenvalue weighted by molar-refractivity contribution is 6.43. The minimum atomic E-state index is -0.906. The maximum absolute atomic E-state index is 11.9. The Balaban J connectivity index is 3.25. The van der Waals surface area contributed by atoms with E-state index in [-0.39, 0.29) is 22.9 Å². The molecular formula is C12H13ClO4. The van der Waals surface area contributed by atoms with Crippen LogP contribution in [0.4, 0.5) is 0 Å². The molecule has 0 saturated heterocycles. The molecule has 0 saturated carbocycles. The topological polar surface area (TPSA) is 52.6 Å². The Labute approximate surface area is 104 Å². The fourth-order valence-electron chi connectivity index (χ4n) is 1.44. The van der Waals surface area contributed by atoms with Crippen LogP contribution in [-0.4, -0.2) is 25.5 Å². The van der Waals surface area contributed by atoms with Gasteiger partial charge in [-0.15, -0.1) is 0 Å². The van der Waals surface area contributed by atoms with Gasteiger partial charge in [-0.25, -0.2) is 4.79 Å². The van der Waals surface area contributed by atoms with Crippen molar-refractivity contribution in [2.75, 3.05) is 13.7 Å². The average Bonchev–Trinajstić information content (AvgIpc) is 2.31. The van der Waals surface area contributed by atoms with Crippen molar-refractivity contribution in [2.45, 2.75) is 13.8 Å². The molecule has 0 aliphatic carbocycles. The maximum atomic E-state index is 11.9. The monoisotopic (exact) mass is 256 g/mol. The average molecular weight is 257 g/mol. The van der Waals surface area contributed by atoms with Crippen molar-refractivity contribution >= 4 is 23.4 Å². The Morgan fingerprint density at radius 2 is 2.00 bits per heavy atom. The number of Topliss-reactive ketones (excluding diaryl/α,β-unsaturated/α-hetero) is 1. The van der Waals surface area contributed by atoms with Gasteiger partial charge < -0.3 is 9.47 Å². The quantitative estimate of drug-likeness (QED) is 0.472. The molecule has 0 unspecified atom stereocenters. The summed E-state index contributed by atoms with van der Waals surface area (Å²) in [4.78, 5) is 23.3. The van der Waals surface area contributed by atoms with Crippen molar-refractivity contribution in [3.8, 4) is 5.75 Å². The van der Waals surface area contributed by atoms with Crippen molar-refractivity contribution in [1.29, 1.82) is 0 Å². The van der Waals surface area contributed by atoms with Gasteiger partial charge in [-0.2, -0.15) is 0 Å². The van der Waals surface area contributed by atoms with Gasteiger partial charge in [0.25, 0.3) is 5.78 Å². The fourth-order valence-corrected chi connectivity index (χ4v) is 1.67. The molecule has 1 aromatic rings. The molecule has 0 heterocycles. The molecule has 0 radical (unpaired) electrons. The summed E-state index contributed by atoms with van der Waals surface area (Å²) in [6.07, 6.45) is 0. The lowest BCUT2D eigenvalue weighted by molar-refractivity contribution is -0.137. The highest BCUT2D eigenvalue weighted by atomic mass is 35.5. The summed E-state index contributed by atoms with van der Waals surface area (Å²) in [5.74, 6) is -1.45. The van der Waals surface area contributed by atoms with E-state index in [1.54, 1.807) is 26.0 Å². The van der Waals surface area contributed by atoms with Crippen LogP contribution in [0, 0.1) is 6.92 Å². The second kappa shape index (κ2) is 5.68. The Bertz CT molecular complexity index is 454. The molecule has 0 aromatic heterocycles. The third-order valence-corrected chi connectivity index (χ3v) is 2.51. The summed E-state index contributed by atoms with van der Waals surface area (Å²) >= 11 is 5.90. The molecule has 17 heavy (non-hydrogen) atoms. The molecule has 0 N–H and O–H groups in total. The Morgan fingerprint density at radius 1 is 1.35 bits per heavy atom. The number of rotatable bonds is 4. The van der Waals surface area contributed by atoms with Gasteiger partial charge in [0.15, 0.2) is 0 Å². The number of halogens is 1. The van der Waals surface area contributed by atoms with Gasteiger partial charge in [0, 0.05) is 0 Å². The highest BCUT2D eigenvalue weighted by Crippen LogP contribution is 2.31. The van der Waals surface area contributed by atoms with E-state index < -0.39 is 11.8 Å². The Morgan fingerprint density at radius 3 is 2.53 bits per heavy atom. The van der Waals surface area contributed by atoms with Crippen LogP contribution in [0.3, 0.4) is 0 Å². The number of ketones is 1. The third kappa shape index (κ3) is 2.77. The summed E-state index contributed by atoms with van der Waals surface area (Å²) in [7, 11) is 1.39. The number of carbonyl (C=O) groups excluding carboxylic acids is 2. The van der Waals surface area contributed by atoms with Crippen molar-refractivity contribution in [2.24, 2.45) is 0 Å². The predicted octanol–water partition coefficient (Wildman–Crippen LogP) is 2.40. The lowest BCUT2D eigenvalue weighted by Gasteiger charge is -2.11. The second-order valence-electron chi connectivity index (χ2n) is 3.32. The van der Waals surface area contributed by atoms with Crippen molar-refractivity contribution in [3.05, 3.63) is 28.3 Å². The summed E-state index contributed by atoms with van der Waals surface area (Å²) in [5.41, 5.74) is 0.766. The summed E-state index contributed by atoms with van der Waals surface area (Å²) in [5, 5.41) is 0.283. The highest BCUT2D eigenvalue weighted by Gasteiger charge is 2.25. The maximum Gasteiger partial charge on any atom is 0.379 e. The number of carbonyl (C=O) groups is 2. The minimum absolute atomic E-state index is 0.145. The molecular weight excluding hydrogens is 244 g/mol. The van der Waals surface area contributed by atoms with Crippen LogP contribution in [0.2, 0.25) is 5.02 Å². The molecule has 0 aliphatic heterocycles. The largest absolute Gasteiger partial charge is 0.494 e. The lowest BCUT2D eigenvalue weighted by atomic mass is 10.0. The first-order valence-electron chi connectivity index (χ1n) is 5.07. The van der Waals surface area contributed by atoms with Gasteiger partial charge in [0.1, 0.15) is 5.75 Å². The Hall–Kier alpha value is -1.55. The second-order valence-corrected chi connectivity index (χ2v) is 3.73. The van der Waals surface area contributed by atoms with E-state index in [0.29, 0.717) is 5.56 Å². The Kier molecular flexibility index (Phi) is 4.52. The first kappa shape index (κ1) is 13.5. The zero-order chi connectivity index (χ0) is 13.0. The number of methoxy groups -OCH3 is 1. The normalized spacial score (nSPS) is 9.88. The molecule has 0 atom stereocenters. The zero-order valence-electron chi connectivity index (χ0n) is 9.87. The number of esters is 1. The SMILES string of the molecule is CCOC(=O)C(=O)c1c(C)ccc(Cl)c1OC. The van der Waals surface area contributed by atoms with E-state index in [0.717, 1.165) is 0 Å². The van der Waals surface area contributed by atoms with Gasteiger partial charge in [-0.3, -0.25) is 4.79 Å². The molecule has 92 valence electrons. The number of aryl methyl sites for hydroxylation is 1. The van der Waals surface area contributed by atoms with Crippen molar-refractivity contribution < 1.29 is 19.1 Å². The molecule has 0 spiro atoms. The van der Waals surface area contributed by atoms with E-state index in [2.05, 4.69) is 4.74 Å². The van der Waals surface area contributed by atoms with Gasteiger partial charge >= 0.3 is 5.97 Å². The molecule has 4 nitrogen and oxygen atoms in total. The van der Waals surface area contributed by atoms with Crippen LogP contribution in [0.25, 0.3) is 0 Å². The molecule has 0 aliphatic rings. The van der Waals surface area contributed by atoms with Crippen molar-refractivity contribution in [3.63, 3.8) is 0 Å². The number of ether oxygens (including phenoxy) is 2. The van der Waals surface area contributed by atoms with E-state index >= 15 is 0 Å². The fraction of sp³-hybridized carbons (Fsp3) is 0.333. The molecule has 1 aromatic carbocycles. The molecule has 0 fully saturated rings. The third-order valence-electron chi connectivity index (χ3n) is 2.21. The molecule has 1 rings (SSSR count). The van der Waals surface area contributed by atoms with E-state index in [1.807, 2.05) is 0 Å². The first-order chi connectivity index (χ1) is 8.02. The molecule has 5 heteroatoms. The first-order valence-corrected chi connectivity index (χ1v) is 5.45. The molecule has 0 amide bonds. The zero-order valence-corrected chi connectivity index (χ0v) is 10.6. The van der Waals surface area contributed by atoms with Crippen molar-refractivity contribution in [1.82, 2.24) is 0 Å². The van der Waals surface area contributed by atoms with Gasteiger partial charge in [0.05, 0.1) is 24.3 Å². The summed E-state index contributed by atoms with van der Waals surface area (Å²) in [6, 6.07) is 3.26. The minimum Gasteiger partial charge on any atom is -0.494 e. The van der Waals surface area contributed by atoms with Crippen LogP contribution in [0.15, 0.2) is 12.1 Å². The van der Waals surface area contributed by atoms with E-state index in [9.17, 15) is 9.59 Å². The van der Waals surface area contributed by atoms with E-state index in [1.165, 1.54) is 7.11 Å². The lowest BCUT2D eigenvalue weighted by Crippen LogP contribution is -2.19. The van der Waals surface area contributed by atoms with Crippen LogP contribution >= 0.6 is 11.6 Å². The van der Waals surface area contributed by atoms with Crippen LogP contribution in [0.5, 0.6) is 5.75 Å². The number of benzene rings is 1. The number of hydrogen-bond donors (Lipinski definition) is 0. The smallest absolute Gasteiger partial charge is 0.379 e. The van der Waals surface area contributed by atoms with Crippen LogP contribution < -0.4 is 4.74 Å². The number of hydrogen-bond acceptors (Lipinski definition) is 4. The van der Waals surface area contributed by atoms with Crippen LogP contribution in [-0.2, 0) is 9.53 Å². The van der Waals surface area contributed by atoms with Gasteiger partial charge in [0.2, 0.25) is 0 Å². The standard InChI is InChI=1S/C12H13ClO4/c1-4-17-12(15)10(14)9-7(2)5-6-8(13)11(9)16-3/h5-6H,4H2,1-3H3. The summed E-state index contributed by atoms with van der Waals surface area (Å²) < 4.78 is 9.71.